The van der Waals surface area contributed by atoms with Crippen LogP contribution in [-0.2, 0) is 20.6 Å². The molecule has 1 atom stereocenters. The molecule has 0 aliphatic carbocycles. The van der Waals surface area contributed by atoms with E-state index < -0.39 is 0 Å². The molecule has 7 nitrogen and oxygen atoms in total. The van der Waals surface area contributed by atoms with E-state index in [2.05, 4.69) is 43.0 Å². The molecule has 1 aromatic carbocycles. The van der Waals surface area contributed by atoms with Crippen molar-refractivity contribution in [3.05, 3.63) is 56.2 Å². The zero-order chi connectivity index (χ0) is 20.0. The second kappa shape index (κ2) is 6.96. The lowest BCUT2D eigenvalue weighted by Gasteiger charge is -2.32. The molecule has 0 bridgehead atoms. The first kappa shape index (κ1) is 18.5. The van der Waals surface area contributed by atoms with Gasteiger partial charge in [0.2, 0.25) is 5.95 Å². The maximum absolute atomic E-state index is 13.0. The summed E-state index contributed by atoms with van der Waals surface area (Å²) in [5, 5.41) is 0. The number of benzene rings is 1. The van der Waals surface area contributed by atoms with Crippen LogP contribution in [0, 0.1) is 12.8 Å². The maximum Gasteiger partial charge on any atom is 0.332 e. The summed E-state index contributed by atoms with van der Waals surface area (Å²) in [6, 6.07) is 8.31. The smallest absolute Gasteiger partial charge is 0.332 e. The van der Waals surface area contributed by atoms with Gasteiger partial charge in [0.1, 0.15) is 0 Å². The quantitative estimate of drug-likeness (QED) is 0.696. The minimum absolute atomic E-state index is 0.297. The topological polar surface area (TPSA) is 65.1 Å². The number of piperidine rings is 1. The van der Waals surface area contributed by atoms with Crippen LogP contribution >= 0.6 is 0 Å². The molecule has 0 N–H and O–H groups in total. The first-order valence-corrected chi connectivity index (χ1v) is 9.83. The fourth-order valence-electron chi connectivity index (χ4n) is 4.07. The third-order valence-electron chi connectivity index (χ3n) is 5.73. The number of imidazole rings is 1. The van der Waals surface area contributed by atoms with Gasteiger partial charge in [-0.05, 0) is 31.2 Å². The van der Waals surface area contributed by atoms with Gasteiger partial charge in [0, 0.05) is 27.2 Å². The predicted molar refractivity (Wildman–Crippen MR) is 111 cm³/mol. The van der Waals surface area contributed by atoms with E-state index in [1.807, 2.05) is 4.57 Å². The SMILES string of the molecule is Cc1ccc(Cn2c(N3CCC[C@@H](C)C3)nc3c2c(=O)n(C)c(=O)n3C)cc1. The summed E-state index contributed by atoms with van der Waals surface area (Å²) in [7, 11) is 3.20. The number of fused-ring (bicyclic) bond motifs is 1. The third-order valence-corrected chi connectivity index (χ3v) is 5.73. The molecule has 3 heterocycles. The van der Waals surface area contributed by atoms with Gasteiger partial charge in [-0.25, -0.2) is 4.79 Å². The molecule has 0 unspecified atom stereocenters. The normalized spacial score (nSPS) is 17.4. The van der Waals surface area contributed by atoms with E-state index in [4.69, 9.17) is 4.98 Å². The van der Waals surface area contributed by atoms with Crippen molar-refractivity contribution in [1.29, 1.82) is 0 Å². The van der Waals surface area contributed by atoms with E-state index in [0.717, 1.165) is 35.6 Å². The average Bonchev–Trinajstić information content (AvgIpc) is 3.06. The molecule has 0 spiro atoms. The van der Waals surface area contributed by atoms with Crippen molar-refractivity contribution in [3.8, 4) is 0 Å². The van der Waals surface area contributed by atoms with Crippen LogP contribution < -0.4 is 16.1 Å². The van der Waals surface area contributed by atoms with Crippen LogP contribution in [0.25, 0.3) is 11.2 Å². The molecule has 7 heteroatoms. The molecule has 2 aromatic heterocycles. The Morgan fingerprint density at radius 3 is 2.50 bits per heavy atom. The molecule has 1 saturated heterocycles. The fraction of sp³-hybridized carbons (Fsp3) is 0.476. The number of hydrogen-bond donors (Lipinski definition) is 0. The molecule has 1 aliphatic rings. The predicted octanol–water partition coefficient (Wildman–Crippen LogP) is 2.03. The Balaban J connectivity index is 1.95. The molecule has 0 amide bonds. The Kier molecular flexibility index (Phi) is 4.61. The van der Waals surface area contributed by atoms with Gasteiger partial charge in [0.25, 0.3) is 5.56 Å². The molecule has 4 rings (SSSR count). The van der Waals surface area contributed by atoms with Crippen molar-refractivity contribution < 1.29 is 0 Å². The molecule has 0 saturated carbocycles. The highest BCUT2D eigenvalue weighted by Gasteiger charge is 2.25. The Morgan fingerprint density at radius 2 is 1.82 bits per heavy atom. The number of anilines is 1. The highest BCUT2D eigenvalue weighted by atomic mass is 16.2. The van der Waals surface area contributed by atoms with Crippen molar-refractivity contribution in [2.75, 3.05) is 18.0 Å². The summed E-state index contributed by atoms with van der Waals surface area (Å²) >= 11 is 0. The monoisotopic (exact) mass is 381 g/mol. The summed E-state index contributed by atoms with van der Waals surface area (Å²) in [5.41, 5.74) is 2.59. The molecule has 1 aliphatic heterocycles. The van der Waals surface area contributed by atoms with Crippen molar-refractivity contribution in [2.45, 2.75) is 33.2 Å². The molecular formula is C21H27N5O2. The largest absolute Gasteiger partial charge is 0.342 e. The van der Waals surface area contributed by atoms with Crippen LogP contribution in [0.15, 0.2) is 33.9 Å². The first-order valence-electron chi connectivity index (χ1n) is 9.83. The van der Waals surface area contributed by atoms with Crippen LogP contribution in [0.2, 0.25) is 0 Å². The van der Waals surface area contributed by atoms with Crippen molar-refractivity contribution in [1.82, 2.24) is 18.7 Å². The lowest BCUT2D eigenvalue weighted by molar-refractivity contribution is 0.439. The average molecular weight is 381 g/mol. The number of aryl methyl sites for hydroxylation is 2. The highest BCUT2D eigenvalue weighted by molar-refractivity contribution is 5.74. The van der Waals surface area contributed by atoms with Gasteiger partial charge in [-0.2, -0.15) is 4.98 Å². The van der Waals surface area contributed by atoms with E-state index >= 15 is 0 Å². The van der Waals surface area contributed by atoms with E-state index in [0.29, 0.717) is 23.6 Å². The van der Waals surface area contributed by atoms with Gasteiger partial charge in [0.05, 0.1) is 6.54 Å². The Labute approximate surface area is 163 Å². The van der Waals surface area contributed by atoms with Crippen LogP contribution in [-0.4, -0.2) is 31.8 Å². The lowest BCUT2D eigenvalue weighted by Crippen LogP contribution is -2.38. The zero-order valence-electron chi connectivity index (χ0n) is 17.0. The van der Waals surface area contributed by atoms with Crippen LogP contribution in [0.1, 0.15) is 30.9 Å². The number of nitrogens with zero attached hydrogens (tertiary/aromatic N) is 5. The van der Waals surface area contributed by atoms with E-state index in [1.54, 1.807) is 7.05 Å². The Bertz CT molecular complexity index is 1140. The van der Waals surface area contributed by atoms with E-state index in [9.17, 15) is 9.59 Å². The van der Waals surface area contributed by atoms with Gasteiger partial charge in [-0.3, -0.25) is 18.5 Å². The molecule has 0 radical (unpaired) electrons. The van der Waals surface area contributed by atoms with Gasteiger partial charge in [-0.1, -0.05) is 36.8 Å². The minimum atomic E-state index is -0.351. The van der Waals surface area contributed by atoms with Gasteiger partial charge < -0.3 is 4.90 Å². The molecule has 1 fully saturated rings. The van der Waals surface area contributed by atoms with Gasteiger partial charge >= 0.3 is 5.69 Å². The number of hydrogen-bond acceptors (Lipinski definition) is 4. The molecule has 28 heavy (non-hydrogen) atoms. The standard InChI is InChI=1S/C21H27N5O2/c1-14-7-9-16(10-8-14)13-26-17-18(23(3)21(28)24(4)19(17)27)22-20(26)25-11-5-6-15(2)12-25/h7-10,15H,5-6,11-13H2,1-4H3/t15-/m1/s1. The van der Waals surface area contributed by atoms with Crippen molar-refractivity contribution in [3.63, 3.8) is 0 Å². The third kappa shape index (κ3) is 3.04. The summed E-state index contributed by atoms with van der Waals surface area (Å²) in [6.45, 7) is 6.67. The van der Waals surface area contributed by atoms with Crippen molar-refractivity contribution in [2.24, 2.45) is 20.0 Å². The fourth-order valence-corrected chi connectivity index (χ4v) is 4.07. The van der Waals surface area contributed by atoms with Gasteiger partial charge in [-0.15, -0.1) is 0 Å². The second-order valence-corrected chi connectivity index (χ2v) is 8.05. The van der Waals surface area contributed by atoms with E-state index in [-0.39, 0.29) is 11.2 Å². The van der Waals surface area contributed by atoms with Gasteiger partial charge in [0.15, 0.2) is 11.2 Å². The first-order chi connectivity index (χ1) is 13.4. The minimum Gasteiger partial charge on any atom is -0.342 e. The Hall–Kier alpha value is -2.83. The van der Waals surface area contributed by atoms with Crippen LogP contribution in [0.4, 0.5) is 5.95 Å². The summed E-state index contributed by atoms with van der Waals surface area (Å²) in [4.78, 5) is 32.4. The second-order valence-electron chi connectivity index (χ2n) is 8.05. The zero-order valence-corrected chi connectivity index (χ0v) is 17.0. The molecule has 148 valence electrons. The number of rotatable bonds is 3. The van der Waals surface area contributed by atoms with E-state index in [1.165, 1.54) is 23.6 Å². The Morgan fingerprint density at radius 1 is 1.11 bits per heavy atom. The van der Waals surface area contributed by atoms with Crippen molar-refractivity contribution >= 4 is 17.1 Å². The summed E-state index contributed by atoms with van der Waals surface area (Å²) < 4.78 is 4.62. The molecular weight excluding hydrogens is 354 g/mol. The highest BCUT2D eigenvalue weighted by Crippen LogP contribution is 2.26. The van der Waals surface area contributed by atoms with Crippen LogP contribution in [0.3, 0.4) is 0 Å². The summed E-state index contributed by atoms with van der Waals surface area (Å²) in [6.07, 6.45) is 2.31. The molecule has 3 aromatic rings. The lowest BCUT2D eigenvalue weighted by atomic mass is 10.0. The maximum atomic E-state index is 13.0. The number of aromatic nitrogens is 4. The van der Waals surface area contributed by atoms with Crippen LogP contribution in [0.5, 0.6) is 0 Å². The summed E-state index contributed by atoms with van der Waals surface area (Å²) in [5.74, 6) is 1.36.